The van der Waals surface area contributed by atoms with Crippen LogP contribution in [0.15, 0.2) is 42.5 Å². The quantitative estimate of drug-likeness (QED) is 0.829. The lowest BCUT2D eigenvalue weighted by molar-refractivity contribution is 0.0948. The first-order valence-electron chi connectivity index (χ1n) is 9.00. The van der Waals surface area contributed by atoms with Crippen LogP contribution in [0, 0.1) is 0 Å². The van der Waals surface area contributed by atoms with Crippen LogP contribution < -0.4 is 14.8 Å². The van der Waals surface area contributed by atoms with Crippen LogP contribution in [0.4, 0.5) is 0 Å². The van der Waals surface area contributed by atoms with Crippen LogP contribution >= 0.6 is 0 Å². The first-order chi connectivity index (χ1) is 12.7. The Bertz CT molecular complexity index is 737. The molecule has 0 unspecified atom stereocenters. The maximum Gasteiger partial charge on any atom is 0.255 e. The van der Waals surface area contributed by atoms with Gasteiger partial charge >= 0.3 is 0 Å². The summed E-state index contributed by atoms with van der Waals surface area (Å²) in [6.45, 7) is 3.89. The van der Waals surface area contributed by atoms with E-state index in [4.69, 9.17) is 9.47 Å². The second-order valence-electron chi connectivity index (χ2n) is 6.55. The maximum atomic E-state index is 12.5. The van der Waals surface area contributed by atoms with Gasteiger partial charge in [0.25, 0.3) is 5.91 Å². The lowest BCUT2D eigenvalue weighted by Gasteiger charge is -2.15. The monoisotopic (exact) mass is 354 g/mol. The summed E-state index contributed by atoms with van der Waals surface area (Å²) in [6, 6.07) is 13.6. The molecule has 5 heteroatoms. The highest BCUT2D eigenvalue weighted by Gasteiger charge is 2.14. The van der Waals surface area contributed by atoms with Crippen molar-refractivity contribution in [1.29, 1.82) is 0 Å². The van der Waals surface area contributed by atoms with Crippen LogP contribution in [0.1, 0.15) is 34.3 Å². The number of ether oxygens (including phenoxy) is 2. The van der Waals surface area contributed by atoms with Crippen LogP contribution in [0.25, 0.3) is 0 Å². The molecule has 1 saturated heterocycles. The fourth-order valence-corrected chi connectivity index (χ4v) is 3.23. The normalized spacial score (nSPS) is 14.2. The second-order valence-corrected chi connectivity index (χ2v) is 6.55. The summed E-state index contributed by atoms with van der Waals surface area (Å²) in [6.07, 6.45) is 2.61. The Morgan fingerprint density at radius 1 is 1.00 bits per heavy atom. The summed E-state index contributed by atoms with van der Waals surface area (Å²) in [5.41, 5.74) is 2.90. The van der Waals surface area contributed by atoms with Gasteiger partial charge in [-0.1, -0.05) is 24.3 Å². The van der Waals surface area contributed by atoms with E-state index in [9.17, 15) is 4.79 Å². The number of carbonyl (C=O) groups is 1. The molecule has 1 fully saturated rings. The molecule has 0 radical (unpaired) electrons. The highest BCUT2D eigenvalue weighted by atomic mass is 16.5. The number of methoxy groups -OCH3 is 2. The van der Waals surface area contributed by atoms with Crippen molar-refractivity contribution in [2.24, 2.45) is 0 Å². The molecule has 5 nitrogen and oxygen atoms in total. The molecule has 0 aliphatic carbocycles. The molecule has 0 spiro atoms. The average molecular weight is 354 g/mol. The van der Waals surface area contributed by atoms with Gasteiger partial charge in [-0.3, -0.25) is 9.69 Å². The molecular weight excluding hydrogens is 328 g/mol. The number of amides is 1. The molecule has 0 aromatic heterocycles. The van der Waals surface area contributed by atoms with E-state index in [0.29, 0.717) is 23.6 Å². The number of benzene rings is 2. The molecular formula is C21H26N2O3. The van der Waals surface area contributed by atoms with Crippen LogP contribution in [-0.4, -0.2) is 38.1 Å². The van der Waals surface area contributed by atoms with Crippen molar-refractivity contribution in [2.75, 3.05) is 27.3 Å². The fourth-order valence-electron chi connectivity index (χ4n) is 3.23. The summed E-state index contributed by atoms with van der Waals surface area (Å²) in [5.74, 6) is 1.00. The molecule has 0 saturated carbocycles. The molecule has 0 bridgehead atoms. The van der Waals surface area contributed by atoms with Gasteiger partial charge in [-0.05, 0) is 49.2 Å². The number of likely N-dealkylation sites (tertiary alicyclic amines) is 1. The van der Waals surface area contributed by atoms with Crippen molar-refractivity contribution in [2.45, 2.75) is 25.9 Å². The predicted octanol–water partition coefficient (Wildman–Crippen LogP) is 3.23. The number of hydrogen-bond donors (Lipinski definition) is 1. The van der Waals surface area contributed by atoms with E-state index in [0.717, 1.165) is 12.1 Å². The first-order valence-corrected chi connectivity index (χ1v) is 9.00. The zero-order valence-electron chi connectivity index (χ0n) is 15.5. The molecule has 3 rings (SSSR count). The lowest BCUT2D eigenvalue weighted by Crippen LogP contribution is -2.23. The topological polar surface area (TPSA) is 50.8 Å². The Balaban J connectivity index is 1.57. The van der Waals surface area contributed by atoms with Crippen molar-refractivity contribution in [3.05, 3.63) is 59.2 Å². The summed E-state index contributed by atoms with van der Waals surface area (Å²) < 4.78 is 10.5. The van der Waals surface area contributed by atoms with E-state index in [1.807, 2.05) is 0 Å². The second kappa shape index (κ2) is 8.72. The highest BCUT2D eigenvalue weighted by Crippen LogP contribution is 2.24. The summed E-state index contributed by atoms with van der Waals surface area (Å²) in [7, 11) is 3.13. The Labute approximate surface area is 154 Å². The number of nitrogens with zero attached hydrogens (tertiary/aromatic N) is 1. The van der Waals surface area contributed by atoms with E-state index >= 15 is 0 Å². The number of hydrogen-bond acceptors (Lipinski definition) is 4. The third-order valence-corrected chi connectivity index (χ3v) is 4.73. The van der Waals surface area contributed by atoms with Crippen molar-refractivity contribution in [3.63, 3.8) is 0 Å². The number of carbonyl (C=O) groups excluding carboxylic acids is 1. The molecule has 0 atom stereocenters. The molecule has 1 aliphatic heterocycles. The van der Waals surface area contributed by atoms with E-state index in [1.165, 1.54) is 31.5 Å². The number of nitrogens with one attached hydrogen (secondary N) is 1. The lowest BCUT2D eigenvalue weighted by atomic mass is 10.1. The minimum Gasteiger partial charge on any atom is -0.497 e. The summed E-state index contributed by atoms with van der Waals surface area (Å²) >= 11 is 0. The van der Waals surface area contributed by atoms with E-state index < -0.39 is 0 Å². The first kappa shape index (κ1) is 18.3. The smallest absolute Gasteiger partial charge is 0.255 e. The fraction of sp³-hybridized carbons (Fsp3) is 0.381. The Kier molecular flexibility index (Phi) is 6.12. The van der Waals surface area contributed by atoms with Gasteiger partial charge in [-0.2, -0.15) is 0 Å². The van der Waals surface area contributed by atoms with Gasteiger partial charge in [0, 0.05) is 19.2 Å². The predicted molar refractivity (Wildman–Crippen MR) is 102 cm³/mol. The molecule has 1 aliphatic rings. The molecule has 1 heterocycles. The summed E-state index contributed by atoms with van der Waals surface area (Å²) in [5, 5.41) is 2.95. The van der Waals surface area contributed by atoms with Gasteiger partial charge < -0.3 is 14.8 Å². The van der Waals surface area contributed by atoms with Crippen molar-refractivity contribution in [1.82, 2.24) is 10.2 Å². The highest BCUT2D eigenvalue weighted by molar-refractivity contribution is 5.97. The van der Waals surface area contributed by atoms with E-state index in [2.05, 4.69) is 34.5 Å². The molecule has 1 N–H and O–H groups in total. The molecule has 1 amide bonds. The average Bonchev–Trinajstić information content (AvgIpc) is 3.19. The van der Waals surface area contributed by atoms with Gasteiger partial charge in [-0.15, -0.1) is 0 Å². The standard InChI is InChI=1S/C21H26N2O3/c1-25-18-9-10-19(20(13-18)26-2)21(24)22-14-16-5-7-17(8-6-16)15-23-11-3-4-12-23/h5-10,13H,3-4,11-12,14-15H2,1-2H3,(H,22,24). The third-order valence-electron chi connectivity index (χ3n) is 4.73. The van der Waals surface area contributed by atoms with Crippen LogP contribution in [0.5, 0.6) is 11.5 Å². The van der Waals surface area contributed by atoms with E-state index in [-0.39, 0.29) is 5.91 Å². The Morgan fingerprint density at radius 3 is 2.35 bits per heavy atom. The third kappa shape index (κ3) is 4.55. The van der Waals surface area contributed by atoms with Gasteiger partial charge in [0.05, 0.1) is 19.8 Å². The minimum atomic E-state index is -0.161. The summed E-state index contributed by atoms with van der Waals surface area (Å²) in [4.78, 5) is 14.9. The molecule has 26 heavy (non-hydrogen) atoms. The van der Waals surface area contributed by atoms with Crippen LogP contribution in [-0.2, 0) is 13.1 Å². The van der Waals surface area contributed by atoms with Crippen LogP contribution in [0.3, 0.4) is 0 Å². The largest absolute Gasteiger partial charge is 0.497 e. The Morgan fingerprint density at radius 2 is 1.69 bits per heavy atom. The van der Waals surface area contributed by atoms with Crippen LogP contribution in [0.2, 0.25) is 0 Å². The molecule has 2 aromatic rings. The van der Waals surface area contributed by atoms with Crippen molar-refractivity contribution < 1.29 is 14.3 Å². The van der Waals surface area contributed by atoms with Crippen molar-refractivity contribution >= 4 is 5.91 Å². The molecule has 2 aromatic carbocycles. The minimum absolute atomic E-state index is 0.161. The Hall–Kier alpha value is -2.53. The zero-order chi connectivity index (χ0) is 18.4. The van der Waals surface area contributed by atoms with Crippen molar-refractivity contribution in [3.8, 4) is 11.5 Å². The van der Waals surface area contributed by atoms with Gasteiger partial charge in [0.15, 0.2) is 0 Å². The van der Waals surface area contributed by atoms with E-state index in [1.54, 1.807) is 32.4 Å². The molecule has 138 valence electrons. The zero-order valence-corrected chi connectivity index (χ0v) is 15.5. The number of rotatable bonds is 7. The maximum absolute atomic E-state index is 12.5. The van der Waals surface area contributed by atoms with Gasteiger partial charge in [0.2, 0.25) is 0 Å². The van der Waals surface area contributed by atoms with Gasteiger partial charge in [-0.25, -0.2) is 0 Å². The van der Waals surface area contributed by atoms with Gasteiger partial charge in [0.1, 0.15) is 11.5 Å². The SMILES string of the molecule is COc1ccc(C(=O)NCc2ccc(CN3CCCC3)cc2)c(OC)c1.